The number of carbonyl (C=O) groups is 3. The molecule has 1 aliphatic rings. The van der Waals surface area contributed by atoms with Crippen molar-refractivity contribution in [3.05, 3.63) is 46.5 Å². The molecule has 0 aliphatic carbocycles. The molecule has 2 aromatic rings. The van der Waals surface area contributed by atoms with Gasteiger partial charge in [-0.1, -0.05) is 32.9 Å². The molecule has 0 saturated carbocycles. The molecule has 3 rings (SSSR count). The molecule has 1 unspecified atom stereocenters. The van der Waals surface area contributed by atoms with Crippen LogP contribution in [0.25, 0.3) is 0 Å². The zero-order chi connectivity index (χ0) is 21.2. The van der Waals surface area contributed by atoms with Gasteiger partial charge in [0.1, 0.15) is 6.04 Å². The minimum absolute atomic E-state index is 0.0146. The third-order valence-electron chi connectivity index (χ3n) is 4.98. The normalized spacial score (nSPS) is 16.7. The van der Waals surface area contributed by atoms with Gasteiger partial charge in [0, 0.05) is 17.5 Å². The molecule has 2 amide bonds. The molecule has 0 radical (unpaired) electrons. The molecule has 1 aromatic carbocycles. The fraction of sp³-hybridized carbons (Fsp3) is 0.429. The molecule has 1 aromatic heterocycles. The van der Waals surface area contributed by atoms with Gasteiger partial charge >= 0.3 is 5.97 Å². The number of hydrogen-bond acceptors (Lipinski definition) is 5. The van der Waals surface area contributed by atoms with Crippen molar-refractivity contribution in [1.82, 2.24) is 9.88 Å². The van der Waals surface area contributed by atoms with Crippen molar-refractivity contribution in [2.45, 2.75) is 51.5 Å². The maximum atomic E-state index is 12.4. The van der Waals surface area contributed by atoms with E-state index in [0.29, 0.717) is 35.8 Å². The Hall–Kier alpha value is -2.74. The average Bonchev–Trinajstić information content (AvgIpc) is 3.30. The summed E-state index contributed by atoms with van der Waals surface area (Å²) in [4.78, 5) is 41.8. The van der Waals surface area contributed by atoms with Gasteiger partial charge in [0.15, 0.2) is 5.13 Å². The van der Waals surface area contributed by atoms with Crippen LogP contribution in [0.2, 0.25) is 0 Å². The zero-order valence-electron chi connectivity index (χ0n) is 16.8. The van der Waals surface area contributed by atoms with Crippen LogP contribution in [-0.4, -0.2) is 45.4 Å². The zero-order valence-corrected chi connectivity index (χ0v) is 17.6. The number of thiazole rings is 1. The standard InChI is InChI=1S/C21H25N3O4S/c1-21(2,3)14-8-6-13(7-9-14)18(26)23-20-22-15(12-29-20)11-17(25)24-10-4-5-16(24)19(27)28/h6-9,12,16H,4-5,10-11H2,1-3H3,(H,27,28)(H,22,23,26). The molecule has 154 valence electrons. The van der Waals surface area contributed by atoms with Gasteiger partial charge < -0.3 is 10.0 Å². The molecule has 1 fully saturated rings. The summed E-state index contributed by atoms with van der Waals surface area (Å²) in [5, 5.41) is 14.1. The number of aromatic nitrogens is 1. The van der Waals surface area contributed by atoms with E-state index in [2.05, 4.69) is 31.1 Å². The smallest absolute Gasteiger partial charge is 0.326 e. The third-order valence-corrected chi connectivity index (χ3v) is 5.78. The Bertz CT molecular complexity index is 915. The lowest BCUT2D eigenvalue weighted by molar-refractivity contribution is -0.148. The van der Waals surface area contributed by atoms with E-state index in [-0.39, 0.29) is 23.7 Å². The van der Waals surface area contributed by atoms with Gasteiger partial charge in [-0.3, -0.25) is 14.9 Å². The Kier molecular flexibility index (Phi) is 6.02. The number of nitrogens with one attached hydrogen (secondary N) is 1. The van der Waals surface area contributed by atoms with Crippen LogP contribution in [0.15, 0.2) is 29.6 Å². The molecule has 29 heavy (non-hydrogen) atoms. The van der Waals surface area contributed by atoms with Crippen LogP contribution >= 0.6 is 11.3 Å². The van der Waals surface area contributed by atoms with Crippen molar-refractivity contribution >= 4 is 34.3 Å². The molecular formula is C21H25N3O4S. The summed E-state index contributed by atoms with van der Waals surface area (Å²) in [5.74, 6) is -1.49. The number of carboxylic acids is 1. The van der Waals surface area contributed by atoms with Gasteiger partial charge in [-0.15, -0.1) is 11.3 Å². The number of carboxylic acid groups (broad SMARTS) is 1. The van der Waals surface area contributed by atoms with E-state index in [0.717, 1.165) is 5.56 Å². The van der Waals surface area contributed by atoms with Crippen LogP contribution in [-0.2, 0) is 21.4 Å². The topological polar surface area (TPSA) is 99.6 Å². The predicted octanol–water partition coefficient (Wildman–Crippen LogP) is 3.31. The summed E-state index contributed by atoms with van der Waals surface area (Å²) in [6.45, 7) is 6.79. The summed E-state index contributed by atoms with van der Waals surface area (Å²) in [6, 6.07) is 6.70. The fourth-order valence-electron chi connectivity index (χ4n) is 3.31. The number of nitrogens with zero attached hydrogens (tertiary/aromatic N) is 2. The molecule has 7 nitrogen and oxygen atoms in total. The second-order valence-corrected chi connectivity index (χ2v) is 9.04. The van der Waals surface area contributed by atoms with Gasteiger partial charge in [-0.05, 0) is 36.0 Å². The van der Waals surface area contributed by atoms with Crippen molar-refractivity contribution in [2.75, 3.05) is 11.9 Å². The highest BCUT2D eigenvalue weighted by molar-refractivity contribution is 7.14. The molecule has 2 heterocycles. The SMILES string of the molecule is CC(C)(C)c1ccc(C(=O)Nc2nc(CC(=O)N3CCCC3C(=O)O)cs2)cc1. The molecule has 0 bridgehead atoms. The predicted molar refractivity (Wildman–Crippen MR) is 111 cm³/mol. The highest BCUT2D eigenvalue weighted by Crippen LogP contribution is 2.24. The lowest BCUT2D eigenvalue weighted by atomic mass is 9.87. The maximum Gasteiger partial charge on any atom is 0.326 e. The first-order valence-corrected chi connectivity index (χ1v) is 10.4. The minimum Gasteiger partial charge on any atom is -0.480 e. The number of hydrogen-bond donors (Lipinski definition) is 2. The molecule has 8 heteroatoms. The van der Waals surface area contributed by atoms with E-state index in [9.17, 15) is 19.5 Å². The lowest BCUT2D eigenvalue weighted by Crippen LogP contribution is -2.41. The second kappa shape index (κ2) is 8.32. The van der Waals surface area contributed by atoms with Crippen LogP contribution in [0, 0.1) is 0 Å². The summed E-state index contributed by atoms with van der Waals surface area (Å²) >= 11 is 1.24. The van der Waals surface area contributed by atoms with Gasteiger partial charge in [0.25, 0.3) is 5.91 Å². The van der Waals surface area contributed by atoms with E-state index >= 15 is 0 Å². The molecule has 0 spiro atoms. The Morgan fingerprint density at radius 2 is 1.93 bits per heavy atom. The van der Waals surface area contributed by atoms with Gasteiger partial charge in [-0.2, -0.15) is 0 Å². The van der Waals surface area contributed by atoms with Crippen LogP contribution in [0.1, 0.15) is 55.2 Å². The molecule has 1 atom stereocenters. The number of rotatable bonds is 5. The largest absolute Gasteiger partial charge is 0.480 e. The van der Waals surface area contributed by atoms with Crippen molar-refractivity contribution < 1.29 is 19.5 Å². The maximum absolute atomic E-state index is 12.4. The Morgan fingerprint density at radius 3 is 2.55 bits per heavy atom. The molecule has 1 saturated heterocycles. The van der Waals surface area contributed by atoms with E-state index < -0.39 is 12.0 Å². The lowest BCUT2D eigenvalue weighted by Gasteiger charge is -2.20. The summed E-state index contributed by atoms with van der Waals surface area (Å²) in [5.41, 5.74) is 2.22. The number of carbonyl (C=O) groups excluding carboxylic acids is 2. The van der Waals surface area contributed by atoms with Crippen molar-refractivity contribution in [2.24, 2.45) is 0 Å². The number of aliphatic carboxylic acids is 1. The number of likely N-dealkylation sites (tertiary alicyclic amines) is 1. The first kappa shape index (κ1) is 21.0. The Balaban J connectivity index is 1.60. The minimum atomic E-state index is -0.973. The number of amides is 2. The number of anilines is 1. The van der Waals surface area contributed by atoms with E-state index in [4.69, 9.17) is 0 Å². The highest BCUT2D eigenvalue weighted by Gasteiger charge is 2.34. The van der Waals surface area contributed by atoms with Crippen molar-refractivity contribution in [3.63, 3.8) is 0 Å². The third kappa shape index (κ3) is 5.00. The van der Waals surface area contributed by atoms with E-state index in [1.54, 1.807) is 17.5 Å². The monoisotopic (exact) mass is 415 g/mol. The van der Waals surface area contributed by atoms with Crippen molar-refractivity contribution in [1.29, 1.82) is 0 Å². The fourth-order valence-corrected chi connectivity index (χ4v) is 4.02. The Morgan fingerprint density at radius 1 is 1.24 bits per heavy atom. The Labute approximate surface area is 173 Å². The van der Waals surface area contributed by atoms with E-state index in [1.165, 1.54) is 16.2 Å². The summed E-state index contributed by atoms with van der Waals surface area (Å²) in [6.07, 6.45) is 1.19. The first-order chi connectivity index (χ1) is 13.6. The van der Waals surface area contributed by atoms with Gasteiger partial charge in [0.2, 0.25) is 5.91 Å². The quantitative estimate of drug-likeness (QED) is 0.780. The number of benzene rings is 1. The van der Waals surface area contributed by atoms with Crippen LogP contribution in [0.5, 0.6) is 0 Å². The highest BCUT2D eigenvalue weighted by atomic mass is 32.1. The summed E-state index contributed by atoms with van der Waals surface area (Å²) < 4.78 is 0. The molecular weight excluding hydrogens is 390 g/mol. The van der Waals surface area contributed by atoms with Crippen LogP contribution in [0.3, 0.4) is 0 Å². The van der Waals surface area contributed by atoms with Gasteiger partial charge in [-0.25, -0.2) is 9.78 Å². The van der Waals surface area contributed by atoms with Crippen molar-refractivity contribution in [3.8, 4) is 0 Å². The average molecular weight is 416 g/mol. The van der Waals surface area contributed by atoms with Crippen LogP contribution in [0.4, 0.5) is 5.13 Å². The molecule has 1 aliphatic heterocycles. The first-order valence-electron chi connectivity index (χ1n) is 9.54. The van der Waals surface area contributed by atoms with Gasteiger partial charge in [0.05, 0.1) is 12.1 Å². The molecule has 2 N–H and O–H groups in total. The van der Waals surface area contributed by atoms with Crippen LogP contribution < -0.4 is 5.32 Å². The summed E-state index contributed by atoms with van der Waals surface area (Å²) in [7, 11) is 0. The second-order valence-electron chi connectivity index (χ2n) is 8.19. The van der Waals surface area contributed by atoms with E-state index in [1.807, 2.05) is 12.1 Å².